The predicted octanol–water partition coefficient (Wildman–Crippen LogP) is 1.75. The van der Waals surface area contributed by atoms with Crippen molar-refractivity contribution >= 4 is 35.6 Å². The predicted molar refractivity (Wildman–Crippen MR) is 108 cm³/mol. The van der Waals surface area contributed by atoms with E-state index in [1.807, 2.05) is 0 Å². The highest BCUT2D eigenvalue weighted by Gasteiger charge is 1.97. The Balaban J connectivity index is 2.17. The Morgan fingerprint density at radius 2 is 1.85 bits per heavy atom. The summed E-state index contributed by atoms with van der Waals surface area (Å²) in [5.74, 6) is 0.825. The van der Waals surface area contributed by atoms with Crippen molar-refractivity contribution in [3.8, 4) is 0 Å². The Labute approximate surface area is 158 Å². The molecule has 0 heterocycles. The standard InChI is InChI=1S/C17H26ClN7O/c1-13(23-12-26)21-10-4-2-3-5-11-22-16(19)25-17(20)24-15-8-6-14(18)7-9-15/h6-9,12,21H,1-5,10-11H2,(H,23,26)(H5,19,20,22,24,25). The second-order valence-corrected chi connectivity index (χ2v) is 5.89. The molecule has 1 amide bonds. The highest BCUT2D eigenvalue weighted by Crippen LogP contribution is 2.12. The summed E-state index contributed by atoms with van der Waals surface area (Å²) in [4.78, 5) is 18.4. The van der Waals surface area contributed by atoms with Gasteiger partial charge in [0, 0.05) is 23.8 Å². The topological polar surface area (TPSA) is 130 Å². The Hall–Kier alpha value is -2.74. The van der Waals surface area contributed by atoms with Crippen LogP contribution in [0.3, 0.4) is 0 Å². The molecule has 0 fully saturated rings. The fraction of sp³-hybridized carbons (Fsp3) is 0.353. The van der Waals surface area contributed by atoms with E-state index in [9.17, 15) is 4.79 Å². The summed E-state index contributed by atoms with van der Waals surface area (Å²) in [6.45, 7) is 5.01. The Bertz CT molecular complexity index is 629. The zero-order valence-electron chi connectivity index (χ0n) is 14.7. The van der Waals surface area contributed by atoms with Gasteiger partial charge in [-0.2, -0.15) is 4.99 Å². The largest absolute Gasteiger partial charge is 0.372 e. The van der Waals surface area contributed by atoms with E-state index in [1.165, 1.54) is 0 Å². The third-order valence-electron chi connectivity index (χ3n) is 3.28. The van der Waals surface area contributed by atoms with Gasteiger partial charge in [0.15, 0.2) is 0 Å². The quantitative estimate of drug-likeness (QED) is 0.173. The van der Waals surface area contributed by atoms with Gasteiger partial charge in [0.05, 0.1) is 5.82 Å². The second kappa shape index (κ2) is 12.6. The van der Waals surface area contributed by atoms with E-state index in [0.717, 1.165) is 37.9 Å². The highest BCUT2D eigenvalue weighted by atomic mass is 35.5. The third-order valence-corrected chi connectivity index (χ3v) is 3.53. The van der Waals surface area contributed by atoms with Crippen LogP contribution >= 0.6 is 11.6 Å². The molecule has 0 saturated heterocycles. The number of carbonyl (C=O) groups is 1. The summed E-state index contributed by atoms with van der Waals surface area (Å²) in [5, 5.41) is 9.01. The first-order chi connectivity index (χ1) is 12.5. The number of amides is 1. The average molecular weight is 380 g/mol. The van der Waals surface area contributed by atoms with E-state index in [1.54, 1.807) is 24.3 Å². The molecule has 1 aromatic carbocycles. The molecule has 7 N–H and O–H groups in total. The van der Waals surface area contributed by atoms with Crippen LogP contribution in [0.4, 0.5) is 5.69 Å². The fourth-order valence-electron chi connectivity index (χ4n) is 2.01. The first kappa shape index (κ1) is 21.3. The molecule has 26 heavy (non-hydrogen) atoms. The van der Waals surface area contributed by atoms with Crippen molar-refractivity contribution in [2.75, 3.05) is 18.4 Å². The molecular weight excluding hydrogens is 354 g/mol. The van der Waals surface area contributed by atoms with Gasteiger partial charge in [-0.1, -0.05) is 31.0 Å². The molecule has 142 valence electrons. The molecule has 0 unspecified atom stereocenters. The van der Waals surface area contributed by atoms with Crippen LogP contribution < -0.4 is 27.4 Å². The zero-order chi connectivity index (χ0) is 19.2. The number of anilines is 1. The summed E-state index contributed by atoms with van der Waals surface area (Å²) in [5.41, 5.74) is 12.3. The number of unbranched alkanes of at least 4 members (excludes halogenated alkanes) is 3. The van der Waals surface area contributed by atoms with Gasteiger partial charge in [0.1, 0.15) is 0 Å². The molecule has 0 aliphatic rings. The van der Waals surface area contributed by atoms with Crippen molar-refractivity contribution in [1.29, 1.82) is 0 Å². The monoisotopic (exact) mass is 379 g/mol. The number of nitrogens with one attached hydrogen (secondary N) is 3. The minimum absolute atomic E-state index is 0.141. The number of benzene rings is 1. The van der Waals surface area contributed by atoms with Crippen LogP contribution in [0.2, 0.25) is 5.02 Å². The number of hydrogen-bond donors (Lipinski definition) is 5. The SMILES string of the molecule is C=C(NC=O)NCCCCCCN=C(N)/N=C(\N)Nc1ccc(Cl)cc1. The van der Waals surface area contributed by atoms with E-state index in [2.05, 4.69) is 32.5 Å². The molecular formula is C17H26ClN7O. The number of hydrogen-bond acceptors (Lipinski definition) is 3. The second-order valence-electron chi connectivity index (χ2n) is 5.45. The van der Waals surface area contributed by atoms with Crippen LogP contribution in [0, 0.1) is 0 Å². The molecule has 9 heteroatoms. The molecule has 0 bridgehead atoms. The van der Waals surface area contributed by atoms with Crippen molar-refractivity contribution in [3.05, 3.63) is 41.7 Å². The molecule has 1 aromatic rings. The van der Waals surface area contributed by atoms with E-state index in [0.29, 0.717) is 23.8 Å². The first-order valence-corrected chi connectivity index (χ1v) is 8.68. The van der Waals surface area contributed by atoms with Crippen molar-refractivity contribution in [2.45, 2.75) is 25.7 Å². The van der Waals surface area contributed by atoms with Crippen LogP contribution in [0.5, 0.6) is 0 Å². The molecule has 8 nitrogen and oxygen atoms in total. The number of halogens is 1. The smallest absolute Gasteiger partial charge is 0.218 e. The number of nitrogens with zero attached hydrogens (tertiary/aromatic N) is 2. The minimum Gasteiger partial charge on any atom is -0.372 e. The Morgan fingerprint density at radius 1 is 1.15 bits per heavy atom. The molecule has 0 radical (unpaired) electrons. The maximum atomic E-state index is 10.2. The summed E-state index contributed by atoms with van der Waals surface area (Å²) < 4.78 is 0. The normalized spacial score (nSPS) is 11.7. The molecule has 0 saturated carbocycles. The number of rotatable bonds is 11. The molecule has 1 rings (SSSR count). The van der Waals surface area contributed by atoms with Crippen molar-refractivity contribution in [3.63, 3.8) is 0 Å². The lowest BCUT2D eigenvalue weighted by Gasteiger charge is -2.07. The molecule has 0 aromatic heterocycles. The van der Waals surface area contributed by atoms with Crippen LogP contribution in [0.1, 0.15) is 25.7 Å². The van der Waals surface area contributed by atoms with Crippen molar-refractivity contribution in [2.24, 2.45) is 21.5 Å². The van der Waals surface area contributed by atoms with Gasteiger partial charge < -0.3 is 27.4 Å². The fourth-order valence-corrected chi connectivity index (χ4v) is 2.14. The Kier molecular flexibility index (Phi) is 10.3. The van der Waals surface area contributed by atoms with Crippen LogP contribution in [0.25, 0.3) is 0 Å². The van der Waals surface area contributed by atoms with Gasteiger partial charge in [-0.05, 0) is 37.1 Å². The molecule has 0 aliphatic heterocycles. The number of aliphatic imine (C=N–C) groups is 2. The summed E-state index contributed by atoms with van der Waals surface area (Å²) in [6.07, 6.45) is 4.55. The lowest BCUT2D eigenvalue weighted by molar-refractivity contribution is -0.109. The molecule has 0 atom stereocenters. The van der Waals surface area contributed by atoms with Crippen molar-refractivity contribution in [1.82, 2.24) is 10.6 Å². The van der Waals surface area contributed by atoms with Crippen LogP contribution in [-0.2, 0) is 4.79 Å². The molecule has 0 aliphatic carbocycles. The van der Waals surface area contributed by atoms with E-state index in [4.69, 9.17) is 23.1 Å². The van der Waals surface area contributed by atoms with E-state index >= 15 is 0 Å². The van der Waals surface area contributed by atoms with Gasteiger partial charge in [0.25, 0.3) is 0 Å². The summed E-state index contributed by atoms with van der Waals surface area (Å²) in [7, 11) is 0. The summed E-state index contributed by atoms with van der Waals surface area (Å²) >= 11 is 5.82. The van der Waals surface area contributed by atoms with Gasteiger partial charge in [-0.3, -0.25) is 9.79 Å². The van der Waals surface area contributed by atoms with E-state index in [-0.39, 0.29) is 11.9 Å². The lowest BCUT2D eigenvalue weighted by Crippen LogP contribution is -2.26. The number of guanidine groups is 2. The van der Waals surface area contributed by atoms with Crippen LogP contribution in [0.15, 0.2) is 46.7 Å². The number of nitrogens with two attached hydrogens (primary N) is 2. The maximum Gasteiger partial charge on any atom is 0.218 e. The van der Waals surface area contributed by atoms with Gasteiger partial charge in [-0.15, -0.1) is 0 Å². The van der Waals surface area contributed by atoms with Gasteiger partial charge >= 0.3 is 0 Å². The van der Waals surface area contributed by atoms with Gasteiger partial charge in [0.2, 0.25) is 18.3 Å². The van der Waals surface area contributed by atoms with E-state index < -0.39 is 0 Å². The average Bonchev–Trinajstić information content (AvgIpc) is 2.59. The third kappa shape index (κ3) is 10.2. The van der Waals surface area contributed by atoms with Gasteiger partial charge in [-0.25, -0.2) is 0 Å². The van der Waals surface area contributed by atoms with Crippen molar-refractivity contribution < 1.29 is 4.79 Å². The highest BCUT2D eigenvalue weighted by molar-refractivity contribution is 6.30. The van der Waals surface area contributed by atoms with Crippen LogP contribution in [-0.4, -0.2) is 31.4 Å². The maximum absolute atomic E-state index is 10.2. The number of carbonyl (C=O) groups excluding carboxylic acids is 1. The lowest BCUT2D eigenvalue weighted by atomic mass is 10.2. The first-order valence-electron chi connectivity index (χ1n) is 8.31. The summed E-state index contributed by atoms with van der Waals surface area (Å²) in [6, 6.07) is 7.08. The minimum atomic E-state index is 0.141. The zero-order valence-corrected chi connectivity index (χ0v) is 15.4. The Morgan fingerprint density at radius 3 is 2.54 bits per heavy atom. The molecule has 0 spiro atoms.